The minimum Gasteiger partial charge on any atom is -0.507 e. The number of rotatable bonds is 2. The molecule has 110 valence electrons. The topological polar surface area (TPSA) is 105 Å². The van der Waals surface area contributed by atoms with E-state index in [2.05, 4.69) is 15.1 Å². The Morgan fingerprint density at radius 2 is 1.76 bits per heavy atom. The first-order valence-electron chi connectivity index (χ1n) is 6.81. The van der Waals surface area contributed by atoms with E-state index in [9.17, 15) is 5.11 Å². The van der Waals surface area contributed by atoms with Crippen molar-refractivity contribution in [2.24, 2.45) is 5.84 Å². The van der Waals surface area contributed by atoms with Crippen LogP contribution in [-0.4, -0.2) is 46.5 Å². The highest BCUT2D eigenvalue weighted by Gasteiger charge is 2.19. The van der Waals surface area contributed by atoms with Gasteiger partial charge in [-0.1, -0.05) is 12.1 Å². The number of hydrazine groups is 1. The average molecular weight is 286 g/mol. The monoisotopic (exact) mass is 286 g/mol. The van der Waals surface area contributed by atoms with Gasteiger partial charge >= 0.3 is 0 Å². The van der Waals surface area contributed by atoms with Crippen LogP contribution in [0.25, 0.3) is 11.3 Å². The first-order chi connectivity index (χ1) is 10.1. The number of nitrogens with two attached hydrogens (primary N) is 2. The minimum absolute atomic E-state index is 0.175. The summed E-state index contributed by atoms with van der Waals surface area (Å²) >= 11 is 0. The first-order valence-corrected chi connectivity index (χ1v) is 6.81. The molecule has 1 aliphatic heterocycles. The Morgan fingerprint density at radius 1 is 1.05 bits per heavy atom. The lowest BCUT2D eigenvalue weighted by molar-refractivity contribution is 0.266. The molecule has 0 aliphatic carbocycles. The number of piperazine rings is 1. The molecule has 0 radical (unpaired) electrons. The van der Waals surface area contributed by atoms with Crippen LogP contribution < -0.4 is 16.5 Å². The van der Waals surface area contributed by atoms with Crippen LogP contribution in [-0.2, 0) is 0 Å². The van der Waals surface area contributed by atoms with Crippen molar-refractivity contribution in [2.75, 3.05) is 36.8 Å². The maximum Gasteiger partial charge on any atom is 0.169 e. The predicted octanol–water partition coefficient (Wildman–Crippen LogP) is 0.427. The van der Waals surface area contributed by atoms with Crippen LogP contribution in [0.4, 0.5) is 11.5 Å². The number of para-hydroxylation sites is 1. The molecule has 2 heterocycles. The maximum absolute atomic E-state index is 9.93. The molecule has 21 heavy (non-hydrogen) atoms. The van der Waals surface area contributed by atoms with Crippen LogP contribution in [0.3, 0.4) is 0 Å². The number of anilines is 2. The average Bonchev–Trinajstić information content (AvgIpc) is 2.50. The van der Waals surface area contributed by atoms with Crippen molar-refractivity contribution < 1.29 is 5.11 Å². The van der Waals surface area contributed by atoms with Gasteiger partial charge in [0.1, 0.15) is 5.75 Å². The van der Waals surface area contributed by atoms with E-state index in [0.29, 0.717) is 17.1 Å². The molecule has 7 nitrogen and oxygen atoms in total. The second-order valence-electron chi connectivity index (χ2n) is 5.04. The van der Waals surface area contributed by atoms with Gasteiger partial charge in [0.25, 0.3) is 0 Å². The maximum atomic E-state index is 9.93. The van der Waals surface area contributed by atoms with Crippen LogP contribution in [0.2, 0.25) is 0 Å². The van der Waals surface area contributed by atoms with Crippen LogP contribution in [0.15, 0.2) is 30.3 Å². The Bertz CT molecular complexity index is 639. The molecule has 1 saturated heterocycles. The number of aromatic nitrogens is 2. The molecule has 3 rings (SSSR count). The fourth-order valence-corrected chi connectivity index (χ4v) is 2.43. The molecule has 2 aromatic rings. The molecule has 7 heteroatoms. The molecule has 1 aromatic heterocycles. The SMILES string of the molecule is Nc1nnc(-c2ccccc2O)cc1N1CCN(N)CC1. The zero-order valence-corrected chi connectivity index (χ0v) is 11.6. The Balaban J connectivity index is 1.95. The minimum atomic E-state index is 0.175. The van der Waals surface area contributed by atoms with Gasteiger partial charge in [0, 0.05) is 31.7 Å². The standard InChI is InChI=1S/C14H18N6O/c15-14-12(19-5-7-20(16)8-6-19)9-11(17-18-14)10-3-1-2-4-13(10)21/h1-4,9,21H,5-8,16H2,(H2,15,18). The molecule has 0 unspecified atom stereocenters. The lowest BCUT2D eigenvalue weighted by Gasteiger charge is -2.33. The van der Waals surface area contributed by atoms with E-state index in [1.807, 2.05) is 12.1 Å². The predicted molar refractivity (Wildman–Crippen MR) is 81.5 cm³/mol. The van der Waals surface area contributed by atoms with Gasteiger partial charge in [0.15, 0.2) is 5.82 Å². The highest BCUT2D eigenvalue weighted by Crippen LogP contribution is 2.31. The Labute approximate surface area is 122 Å². The summed E-state index contributed by atoms with van der Waals surface area (Å²) < 4.78 is 0. The number of nitrogen functional groups attached to an aromatic ring is 1. The third-order valence-electron chi connectivity index (χ3n) is 3.64. The van der Waals surface area contributed by atoms with Crippen LogP contribution in [0, 0.1) is 0 Å². The number of benzene rings is 1. The Morgan fingerprint density at radius 3 is 2.48 bits per heavy atom. The fraction of sp³-hybridized carbons (Fsp3) is 0.286. The van der Waals surface area contributed by atoms with E-state index >= 15 is 0 Å². The van der Waals surface area contributed by atoms with Gasteiger partial charge in [0.05, 0.1) is 11.4 Å². The van der Waals surface area contributed by atoms with E-state index in [-0.39, 0.29) is 5.75 Å². The van der Waals surface area contributed by atoms with Gasteiger partial charge in [-0.3, -0.25) is 5.84 Å². The molecule has 0 bridgehead atoms. The summed E-state index contributed by atoms with van der Waals surface area (Å²) in [5.41, 5.74) is 8.02. The normalized spacial score (nSPS) is 16.1. The second-order valence-corrected chi connectivity index (χ2v) is 5.04. The van der Waals surface area contributed by atoms with E-state index in [1.54, 1.807) is 23.2 Å². The van der Waals surface area contributed by atoms with E-state index in [0.717, 1.165) is 31.9 Å². The Kier molecular flexibility index (Phi) is 3.59. The highest BCUT2D eigenvalue weighted by atomic mass is 16.3. The molecule has 5 N–H and O–H groups in total. The second kappa shape index (κ2) is 5.55. The van der Waals surface area contributed by atoms with E-state index < -0.39 is 0 Å². The third-order valence-corrected chi connectivity index (χ3v) is 3.64. The molecule has 1 fully saturated rings. The van der Waals surface area contributed by atoms with E-state index in [4.69, 9.17) is 11.6 Å². The van der Waals surface area contributed by atoms with Crippen LogP contribution in [0.5, 0.6) is 5.75 Å². The Hall–Kier alpha value is -2.38. The zero-order chi connectivity index (χ0) is 14.8. The fourth-order valence-electron chi connectivity index (χ4n) is 2.43. The summed E-state index contributed by atoms with van der Waals surface area (Å²) in [6, 6.07) is 8.91. The van der Waals surface area contributed by atoms with Crippen molar-refractivity contribution >= 4 is 11.5 Å². The van der Waals surface area contributed by atoms with Crippen molar-refractivity contribution in [3.63, 3.8) is 0 Å². The molecule has 0 spiro atoms. The van der Waals surface area contributed by atoms with Gasteiger partial charge < -0.3 is 15.7 Å². The first kappa shape index (κ1) is 13.6. The molecular formula is C14H18N6O. The molecule has 0 amide bonds. The number of phenolic OH excluding ortho intramolecular Hbond substituents is 1. The summed E-state index contributed by atoms with van der Waals surface area (Å²) in [6.07, 6.45) is 0. The lowest BCUT2D eigenvalue weighted by Crippen LogP contribution is -2.49. The quantitative estimate of drug-likeness (QED) is 0.687. The van der Waals surface area contributed by atoms with Crippen LogP contribution >= 0.6 is 0 Å². The molecule has 0 atom stereocenters. The molecule has 1 aliphatic rings. The van der Waals surface area contributed by atoms with Gasteiger partial charge in [0.2, 0.25) is 0 Å². The molecule has 1 aromatic carbocycles. The van der Waals surface area contributed by atoms with E-state index in [1.165, 1.54) is 0 Å². The van der Waals surface area contributed by atoms with Gasteiger partial charge in [-0.2, -0.15) is 0 Å². The largest absolute Gasteiger partial charge is 0.507 e. The summed E-state index contributed by atoms with van der Waals surface area (Å²) in [6.45, 7) is 3.11. The van der Waals surface area contributed by atoms with Gasteiger partial charge in [-0.15, -0.1) is 10.2 Å². The number of hydrogen-bond acceptors (Lipinski definition) is 7. The number of nitrogens with zero attached hydrogens (tertiary/aromatic N) is 4. The summed E-state index contributed by atoms with van der Waals surface area (Å²) in [7, 11) is 0. The molecular weight excluding hydrogens is 268 g/mol. The lowest BCUT2D eigenvalue weighted by atomic mass is 10.1. The van der Waals surface area contributed by atoms with Crippen LogP contribution in [0.1, 0.15) is 0 Å². The van der Waals surface area contributed by atoms with Crippen molar-refractivity contribution in [1.82, 2.24) is 15.2 Å². The number of hydrogen-bond donors (Lipinski definition) is 3. The zero-order valence-electron chi connectivity index (χ0n) is 11.6. The van der Waals surface area contributed by atoms with Crippen molar-refractivity contribution in [1.29, 1.82) is 0 Å². The van der Waals surface area contributed by atoms with Crippen molar-refractivity contribution in [3.8, 4) is 17.0 Å². The van der Waals surface area contributed by atoms with Crippen molar-refractivity contribution in [2.45, 2.75) is 0 Å². The summed E-state index contributed by atoms with van der Waals surface area (Å²) in [5, 5.41) is 19.8. The number of phenols is 1. The third kappa shape index (κ3) is 2.74. The number of aromatic hydroxyl groups is 1. The van der Waals surface area contributed by atoms with Gasteiger partial charge in [-0.25, -0.2) is 5.01 Å². The summed E-state index contributed by atoms with van der Waals surface area (Å²) in [4.78, 5) is 2.14. The highest BCUT2D eigenvalue weighted by molar-refractivity contribution is 5.74. The van der Waals surface area contributed by atoms with Crippen molar-refractivity contribution in [3.05, 3.63) is 30.3 Å². The summed E-state index contributed by atoms with van der Waals surface area (Å²) in [5.74, 6) is 6.33. The smallest absolute Gasteiger partial charge is 0.169 e. The molecule has 0 saturated carbocycles. The van der Waals surface area contributed by atoms with Gasteiger partial charge in [-0.05, 0) is 18.2 Å².